The fourth-order valence-corrected chi connectivity index (χ4v) is 2.25. The lowest BCUT2D eigenvalue weighted by Gasteiger charge is -2.24. The first-order valence-electron chi connectivity index (χ1n) is 7.55. The SMILES string of the molecule is CC(C)(C)[C@@H](C#N)OC(=O)C1=NN(c2ccccc2)[C@@H](C(N)=O)C1. The lowest BCUT2D eigenvalue weighted by atomic mass is 9.90. The van der Waals surface area contributed by atoms with Crippen LogP contribution in [0.15, 0.2) is 35.4 Å². The molecule has 0 bridgehead atoms. The standard InChI is InChI=1S/C17H20N4O3/c1-17(2,3)14(10-18)24-16(23)12-9-13(15(19)22)21(20-12)11-7-5-4-6-8-11/h4-8,13-14H,9H2,1-3H3,(H2,19,22)/t13-,14-/m1/s1. The smallest absolute Gasteiger partial charge is 0.355 e. The van der Waals surface area contributed by atoms with Crippen LogP contribution >= 0.6 is 0 Å². The molecule has 1 aliphatic heterocycles. The fourth-order valence-electron chi connectivity index (χ4n) is 2.25. The van der Waals surface area contributed by atoms with Crippen molar-refractivity contribution >= 4 is 23.3 Å². The normalized spacial score (nSPS) is 18.5. The highest BCUT2D eigenvalue weighted by Crippen LogP contribution is 2.26. The summed E-state index contributed by atoms with van der Waals surface area (Å²) in [4.78, 5) is 24.0. The number of primary amides is 1. The molecule has 24 heavy (non-hydrogen) atoms. The van der Waals surface area contributed by atoms with Crippen LogP contribution in [-0.4, -0.2) is 29.7 Å². The Kier molecular flexibility index (Phi) is 4.88. The number of amides is 1. The number of nitriles is 1. The third-order valence-electron chi connectivity index (χ3n) is 3.62. The maximum Gasteiger partial charge on any atom is 0.355 e. The highest BCUT2D eigenvalue weighted by molar-refractivity contribution is 6.38. The van der Waals surface area contributed by atoms with Crippen molar-refractivity contribution in [1.82, 2.24) is 0 Å². The number of anilines is 1. The zero-order valence-corrected chi connectivity index (χ0v) is 13.9. The van der Waals surface area contributed by atoms with E-state index in [1.807, 2.05) is 12.1 Å². The minimum atomic E-state index is -0.912. The van der Waals surface area contributed by atoms with E-state index in [0.29, 0.717) is 5.69 Å². The number of para-hydroxylation sites is 1. The van der Waals surface area contributed by atoms with E-state index in [4.69, 9.17) is 10.5 Å². The zero-order chi connectivity index (χ0) is 17.9. The molecule has 7 heteroatoms. The molecule has 1 heterocycles. The Morgan fingerprint density at radius 1 is 1.38 bits per heavy atom. The number of hydrogen-bond donors (Lipinski definition) is 1. The van der Waals surface area contributed by atoms with E-state index in [2.05, 4.69) is 5.10 Å². The highest BCUT2D eigenvalue weighted by atomic mass is 16.5. The molecule has 0 radical (unpaired) electrons. The summed E-state index contributed by atoms with van der Waals surface area (Å²) < 4.78 is 5.25. The topological polar surface area (TPSA) is 109 Å². The first-order chi connectivity index (χ1) is 11.2. The number of hydrazone groups is 1. The predicted octanol–water partition coefficient (Wildman–Crippen LogP) is 1.59. The van der Waals surface area contributed by atoms with Gasteiger partial charge in [-0.3, -0.25) is 9.80 Å². The fraction of sp³-hybridized carbons (Fsp3) is 0.412. The number of esters is 1. The summed E-state index contributed by atoms with van der Waals surface area (Å²) in [6.07, 6.45) is -0.865. The Balaban J connectivity index is 2.23. The van der Waals surface area contributed by atoms with Gasteiger partial charge in [-0.1, -0.05) is 39.0 Å². The van der Waals surface area contributed by atoms with Gasteiger partial charge in [0.2, 0.25) is 5.91 Å². The molecule has 1 aromatic carbocycles. The van der Waals surface area contributed by atoms with Crippen molar-refractivity contribution < 1.29 is 14.3 Å². The van der Waals surface area contributed by atoms with Gasteiger partial charge in [0.25, 0.3) is 0 Å². The van der Waals surface area contributed by atoms with Crippen molar-refractivity contribution in [3.8, 4) is 6.07 Å². The summed E-state index contributed by atoms with van der Waals surface area (Å²) in [7, 11) is 0. The van der Waals surface area contributed by atoms with Crippen LogP contribution in [0, 0.1) is 16.7 Å². The second-order valence-electron chi connectivity index (χ2n) is 6.63. The average molecular weight is 328 g/mol. The van der Waals surface area contributed by atoms with Crippen molar-refractivity contribution in [2.45, 2.75) is 39.3 Å². The highest BCUT2D eigenvalue weighted by Gasteiger charge is 2.37. The summed E-state index contributed by atoms with van der Waals surface area (Å²) in [5.41, 5.74) is 5.63. The number of benzene rings is 1. The molecule has 0 saturated carbocycles. The molecule has 7 nitrogen and oxygen atoms in total. The van der Waals surface area contributed by atoms with Crippen LogP contribution in [-0.2, 0) is 14.3 Å². The van der Waals surface area contributed by atoms with Crippen molar-refractivity contribution in [3.63, 3.8) is 0 Å². The Morgan fingerprint density at radius 3 is 2.50 bits per heavy atom. The van der Waals surface area contributed by atoms with Crippen molar-refractivity contribution in [1.29, 1.82) is 5.26 Å². The number of nitrogens with zero attached hydrogens (tertiary/aromatic N) is 3. The van der Waals surface area contributed by atoms with Gasteiger partial charge in [0.15, 0.2) is 6.10 Å². The van der Waals surface area contributed by atoms with Crippen molar-refractivity contribution in [2.75, 3.05) is 5.01 Å². The van der Waals surface area contributed by atoms with E-state index in [1.54, 1.807) is 45.0 Å². The Bertz CT molecular complexity index is 701. The first-order valence-corrected chi connectivity index (χ1v) is 7.55. The minimum absolute atomic E-state index is 0.0470. The van der Waals surface area contributed by atoms with E-state index < -0.39 is 29.4 Å². The Labute approximate surface area is 140 Å². The van der Waals surface area contributed by atoms with Crippen molar-refractivity contribution in [3.05, 3.63) is 30.3 Å². The summed E-state index contributed by atoms with van der Waals surface area (Å²) in [6.45, 7) is 5.40. The Morgan fingerprint density at radius 2 is 2.00 bits per heavy atom. The largest absolute Gasteiger partial charge is 0.442 e. The minimum Gasteiger partial charge on any atom is -0.442 e. The van der Waals surface area contributed by atoms with Gasteiger partial charge in [-0.15, -0.1) is 0 Å². The number of ether oxygens (including phenoxy) is 1. The van der Waals surface area contributed by atoms with Gasteiger partial charge < -0.3 is 10.5 Å². The molecule has 2 N–H and O–H groups in total. The Hall–Kier alpha value is -2.88. The number of nitrogens with two attached hydrogens (primary N) is 1. The van der Waals surface area contributed by atoms with Gasteiger partial charge in [-0.2, -0.15) is 10.4 Å². The van der Waals surface area contributed by atoms with Crippen LogP contribution in [0.1, 0.15) is 27.2 Å². The number of rotatable bonds is 4. The monoisotopic (exact) mass is 328 g/mol. The summed E-state index contributed by atoms with van der Waals surface area (Å²) in [6, 6.07) is 10.2. The lowest BCUT2D eigenvalue weighted by molar-refractivity contribution is -0.142. The van der Waals surface area contributed by atoms with Gasteiger partial charge in [0.05, 0.1) is 5.69 Å². The van der Waals surface area contributed by atoms with E-state index in [1.165, 1.54) is 5.01 Å². The predicted molar refractivity (Wildman–Crippen MR) is 88.9 cm³/mol. The van der Waals surface area contributed by atoms with Crippen LogP contribution in [0.4, 0.5) is 5.69 Å². The molecule has 0 fully saturated rings. The molecular formula is C17H20N4O3. The van der Waals surface area contributed by atoms with Gasteiger partial charge >= 0.3 is 5.97 Å². The maximum atomic E-state index is 12.3. The van der Waals surface area contributed by atoms with E-state index in [-0.39, 0.29) is 12.1 Å². The van der Waals surface area contributed by atoms with Gasteiger partial charge in [-0.05, 0) is 12.1 Å². The van der Waals surface area contributed by atoms with Gasteiger partial charge in [-0.25, -0.2) is 4.79 Å². The van der Waals surface area contributed by atoms with Crippen LogP contribution in [0.3, 0.4) is 0 Å². The number of hydrogen-bond acceptors (Lipinski definition) is 6. The molecule has 126 valence electrons. The van der Waals surface area contributed by atoms with Crippen LogP contribution in [0.5, 0.6) is 0 Å². The van der Waals surface area contributed by atoms with E-state index >= 15 is 0 Å². The molecule has 0 aliphatic carbocycles. The summed E-state index contributed by atoms with van der Waals surface area (Å²) in [5.74, 6) is -1.29. The third-order valence-corrected chi connectivity index (χ3v) is 3.62. The average Bonchev–Trinajstić information content (AvgIpc) is 2.97. The van der Waals surface area contributed by atoms with Crippen molar-refractivity contribution in [2.24, 2.45) is 16.3 Å². The first kappa shape index (κ1) is 17.5. The van der Waals surface area contributed by atoms with Crippen LogP contribution in [0.2, 0.25) is 0 Å². The quantitative estimate of drug-likeness (QED) is 0.844. The molecular weight excluding hydrogens is 308 g/mol. The molecule has 1 amide bonds. The van der Waals surface area contributed by atoms with Crippen LogP contribution in [0.25, 0.3) is 0 Å². The maximum absolute atomic E-state index is 12.3. The molecule has 0 spiro atoms. The molecule has 0 aromatic heterocycles. The number of carbonyl (C=O) groups excluding carboxylic acids is 2. The summed E-state index contributed by atoms with van der Waals surface area (Å²) >= 11 is 0. The van der Waals surface area contributed by atoms with E-state index in [0.717, 1.165) is 0 Å². The second kappa shape index (κ2) is 6.71. The van der Waals surface area contributed by atoms with Crippen LogP contribution < -0.4 is 10.7 Å². The second-order valence-corrected chi connectivity index (χ2v) is 6.63. The molecule has 2 atom stereocenters. The lowest BCUT2D eigenvalue weighted by Crippen LogP contribution is -2.39. The molecule has 0 saturated heterocycles. The molecule has 1 aliphatic rings. The summed E-state index contributed by atoms with van der Waals surface area (Å²) in [5, 5.41) is 14.8. The molecule has 0 unspecified atom stereocenters. The van der Waals surface area contributed by atoms with Gasteiger partial charge in [0, 0.05) is 11.8 Å². The van der Waals surface area contributed by atoms with E-state index in [9.17, 15) is 14.9 Å². The van der Waals surface area contributed by atoms with Gasteiger partial charge in [0.1, 0.15) is 17.8 Å². The molecule has 1 aromatic rings. The molecule has 2 rings (SSSR count). The number of carbonyl (C=O) groups is 2. The third kappa shape index (κ3) is 3.71. The zero-order valence-electron chi connectivity index (χ0n) is 13.9.